The Morgan fingerprint density at radius 2 is 1.54 bits per heavy atom. The summed E-state index contributed by atoms with van der Waals surface area (Å²) in [6.45, 7) is 1.87. The van der Waals surface area contributed by atoms with Gasteiger partial charge in [0.05, 0.1) is 16.3 Å². The molecule has 3 rings (SSSR count). The first-order valence-electron chi connectivity index (χ1n) is 7.96. The Morgan fingerprint density at radius 3 is 2.19 bits per heavy atom. The van der Waals surface area contributed by atoms with E-state index >= 15 is 0 Å². The normalized spacial score (nSPS) is 10.4. The van der Waals surface area contributed by atoms with Gasteiger partial charge in [0.2, 0.25) is 0 Å². The van der Waals surface area contributed by atoms with Crippen LogP contribution in [-0.2, 0) is 0 Å². The van der Waals surface area contributed by atoms with E-state index in [1.165, 1.54) is 6.07 Å². The number of para-hydroxylation sites is 1. The van der Waals surface area contributed by atoms with E-state index in [4.69, 9.17) is 11.6 Å². The molecule has 0 spiro atoms. The minimum atomic E-state index is -1.02. The van der Waals surface area contributed by atoms with Gasteiger partial charge in [-0.1, -0.05) is 48.0 Å². The fourth-order valence-corrected chi connectivity index (χ4v) is 2.95. The van der Waals surface area contributed by atoms with Crippen molar-refractivity contribution < 1.29 is 14.7 Å². The van der Waals surface area contributed by atoms with Gasteiger partial charge in [-0.05, 0) is 42.8 Å². The molecule has 26 heavy (non-hydrogen) atoms. The lowest BCUT2D eigenvalue weighted by Crippen LogP contribution is -2.05. The molecule has 0 aliphatic rings. The van der Waals surface area contributed by atoms with Crippen molar-refractivity contribution in [3.63, 3.8) is 0 Å². The topological polar surface area (TPSA) is 66.4 Å². The third kappa shape index (κ3) is 3.60. The Hall–Kier alpha value is -3.11. The molecule has 3 aromatic carbocycles. The Labute approximate surface area is 156 Å². The van der Waals surface area contributed by atoms with Gasteiger partial charge in [-0.3, -0.25) is 4.79 Å². The first-order valence-corrected chi connectivity index (χ1v) is 8.34. The number of rotatable bonds is 5. The number of carbonyl (C=O) groups is 2. The van der Waals surface area contributed by atoms with Crippen LogP contribution in [0.1, 0.15) is 31.8 Å². The number of anilines is 2. The van der Waals surface area contributed by atoms with Gasteiger partial charge in [0.1, 0.15) is 0 Å². The van der Waals surface area contributed by atoms with Crippen LogP contribution in [0.15, 0.2) is 66.7 Å². The summed E-state index contributed by atoms with van der Waals surface area (Å²) in [4.78, 5) is 24.0. The number of ketones is 1. The Kier molecular flexibility index (Phi) is 5.05. The summed E-state index contributed by atoms with van der Waals surface area (Å²) in [5.41, 5.74) is 3.10. The first kappa shape index (κ1) is 17.7. The molecule has 2 N–H and O–H groups in total. The second-order valence-corrected chi connectivity index (χ2v) is 6.22. The molecular formula is C21H16ClNO3. The Balaban J connectivity index is 1.90. The smallest absolute Gasteiger partial charge is 0.337 e. The van der Waals surface area contributed by atoms with Crippen LogP contribution in [0.4, 0.5) is 11.4 Å². The molecular weight excluding hydrogens is 350 g/mol. The first-order chi connectivity index (χ1) is 12.5. The maximum Gasteiger partial charge on any atom is 0.337 e. The van der Waals surface area contributed by atoms with E-state index in [1.54, 1.807) is 42.5 Å². The molecule has 0 aromatic heterocycles. The number of aromatic carboxylic acids is 1. The van der Waals surface area contributed by atoms with E-state index in [2.05, 4.69) is 5.32 Å². The van der Waals surface area contributed by atoms with Gasteiger partial charge >= 0.3 is 5.97 Å². The largest absolute Gasteiger partial charge is 0.478 e. The molecule has 0 bridgehead atoms. The van der Waals surface area contributed by atoms with Crippen LogP contribution in [-0.4, -0.2) is 16.9 Å². The lowest BCUT2D eigenvalue weighted by Gasteiger charge is -2.12. The van der Waals surface area contributed by atoms with Gasteiger partial charge in [-0.15, -0.1) is 0 Å². The van der Waals surface area contributed by atoms with Crippen molar-refractivity contribution in [2.24, 2.45) is 0 Å². The van der Waals surface area contributed by atoms with Gasteiger partial charge in [0.15, 0.2) is 5.78 Å². The fraction of sp³-hybridized carbons (Fsp3) is 0.0476. The minimum Gasteiger partial charge on any atom is -0.478 e. The maximum atomic E-state index is 12.7. The number of aryl methyl sites for hydroxylation is 1. The standard InChI is InChI=1S/C21H16ClNO3/c1-13-6-2-3-7-15(13)20(24)16-11-10-14(12-18(16)22)23-19-9-5-4-8-17(19)21(25)26/h2-12,23H,1H3,(H,25,26). The highest BCUT2D eigenvalue weighted by Crippen LogP contribution is 2.27. The van der Waals surface area contributed by atoms with Crippen molar-refractivity contribution >= 4 is 34.7 Å². The summed E-state index contributed by atoms with van der Waals surface area (Å²) in [6, 6.07) is 18.9. The Bertz CT molecular complexity index is 998. The van der Waals surface area contributed by atoms with Gasteiger partial charge < -0.3 is 10.4 Å². The van der Waals surface area contributed by atoms with Crippen LogP contribution in [0.25, 0.3) is 0 Å². The molecule has 0 radical (unpaired) electrons. The highest BCUT2D eigenvalue weighted by Gasteiger charge is 2.16. The maximum absolute atomic E-state index is 12.7. The second-order valence-electron chi connectivity index (χ2n) is 5.81. The molecule has 3 aromatic rings. The molecule has 0 unspecified atom stereocenters. The van der Waals surface area contributed by atoms with Gasteiger partial charge in [-0.2, -0.15) is 0 Å². The lowest BCUT2D eigenvalue weighted by atomic mass is 9.99. The van der Waals surface area contributed by atoms with Crippen LogP contribution in [0.5, 0.6) is 0 Å². The number of carboxylic acid groups (broad SMARTS) is 1. The molecule has 5 heteroatoms. The number of hydrogen-bond donors (Lipinski definition) is 2. The number of nitrogens with one attached hydrogen (secondary N) is 1. The van der Waals surface area contributed by atoms with E-state index in [9.17, 15) is 14.7 Å². The summed E-state index contributed by atoms with van der Waals surface area (Å²) in [6.07, 6.45) is 0. The summed E-state index contributed by atoms with van der Waals surface area (Å²) in [5, 5.41) is 12.6. The van der Waals surface area contributed by atoms with Crippen LogP contribution in [0.3, 0.4) is 0 Å². The molecule has 130 valence electrons. The molecule has 0 amide bonds. The Morgan fingerprint density at radius 1 is 0.885 bits per heavy atom. The molecule has 4 nitrogen and oxygen atoms in total. The molecule has 0 aliphatic carbocycles. The molecule has 0 atom stereocenters. The van der Waals surface area contributed by atoms with E-state index in [0.29, 0.717) is 27.5 Å². The SMILES string of the molecule is Cc1ccccc1C(=O)c1ccc(Nc2ccccc2C(=O)O)cc1Cl. The zero-order chi connectivity index (χ0) is 18.7. The second kappa shape index (κ2) is 7.42. The number of halogens is 1. The minimum absolute atomic E-state index is 0.148. The van der Waals surface area contributed by atoms with Crippen molar-refractivity contribution in [1.29, 1.82) is 0 Å². The number of hydrogen-bond acceptors (Lipinski definition) is 3. The number of carbonyl (C=O) groups excluding carboxylic acids is 1. The number of carboxylic acids is 1. The monoisotopic (exact) mass is 365 g/mol. The van der Waals surface area contributed by atoms with E-state index in [1.807, 2.05) is 25.1 Å². The molecule has 0 saturated heterocycles. The van der Waals surface area contributed by atoms with Crippen molar-refractivity contribution in [1.82, 2.24) is 0 Å². The van der Waals surface area contributed by atoms with Crippen molar-refractivity contribution in [3.05, 3.63) is 94.0 Å². The molecule has 0 heterocycles. The van der Waals surface area contributed by atoms with Crippen molar-refractivity contribution in [2.45, 2.75) is 6.92 Å². The van der Waals surface area contributed by atoms with Gasteiger partial charge in [-0.25, -0.2) is 4.79 Å². The fourth-order valence-electron chi connectivity index (χ4n) is 2.68. The average molecular weight is 366 g/mol. The highest BCUT2D eigenvalue weighted by molar-refractivity contribution is 6.35. The van der Waals surface area contributed by atoms with E-state index in [0.717, 1.165) is 5.56 Å². The zero-order valence-corrected chi connectivity index (χ0v) is 14.7. The predicted molar refractivity (Wildman–Crippen MR) is 103 cm³/mol. The zero-order valence-electron chi connectivity index (χ0n) is 14.0. The quantitative estimate of drug-likeness (QED) is 0.600. The lowest BCUT2D eigenvalue weighted by molar-refractivity contribution is 0.0697. The highest BCUT2D eigenvalue weighted by atomic mass is 35.5. The summed E-state index contributed by atoms with van der Waals surface area (Å²) in [7, 11) is 0. The average Bonchev–Trinajstić information content (AvgIpc) is 2.62. The third-order valence-electron chi connectivity index (χ3n) is 4.04. The van der Waals surface area contributed by atoms with Crippen LogP contribution in [0, 0.1) is 6.92 Å². The van der Waals surface area contributed by atoms with Crippen molar-refractivity contribution in [3.8, 4) is 0 Å². The van der Waals surface area contributed by atoms with Gasteiger partial charge in [0, 0.05) is 16.8 Å². The summed E-state index contributed by atoms with van der Waals surface area (Å²) in [5.74, 6) is -1.17. The van der Waals surface area contributed by atoms with Crippen LogP contribution in [0.2, 0.25) is 5.02 Å². The third-order valence-corrected chi connectivity index (χ3v) is 4.35. The number of benzene rings is 3. The van der Waals surface area contributed by atoms with Crippen LogP contribution < -0.4 is 5.32 Å². The summed E-state index contributed by atoms with van der Waals surface area (Å²) < 4.78 is 0. The van der Waals surface area contributed by atoms with Gasteiger partial charge in [0.25, 0.3) is 0 Å². The molecule has 0 saturated carbocycles. The van der Waals surface area contributed by atoms with E-state index in [-0.39, 0.29) is 11.3 Å². The van der Waals surface area contributed by atoms with E-state index < -0.39 is 5.97 Å². The van der Waals surface area contributed by atoms with Crippen LogP contribution >= 0.6 is 11.6 Å². The molecule has 0 aliphatic heterocycles. The molecule has 0 fully saturated rings. The predicted octanol–water partition coefficient (Wildman–Crippen LogP) is 5.32. The summed E-state index contributed by atoms with van der Waals surface area (Å²) >= 11 is 6.32. The van der Waals surface area contributed by atoms with Crippen molar-refractivity contribution in [2.75, 3.05) is 5.32 Å².